The van der Waals surface area contributed by atoms with E-state index in [9.17, 15) is 4.79 Å². The van der Waals surface area contributed by atoms with Gasteiger partial charge in [-0.15, -0.1) is 0 Å². The number of fused-ring (bicyclic) bond motifs is 2. The second kappa shape index (κ2) is 3.13. The van der Waals surface area contributed by atoms with Crippen molar-refractivity contribution in [2.24, 2.45) is 0 Å². The maximum atomic E-state index is 11.6. The zero-order chi connectivity index (χ0) is 11.1. The second-order valence-corrected chi connectivity index (χ2v) is 3.41. The molecule has 1 aromatic carbocycles. The van der Waals surface area contributed by atoms with Crippen molar-refractivity contribution in [3.8, 4) is 5.75 Å². The van der Waals surface area contributed by atoms with Crippen LogP contribution in [0, 0.1) is 0 Å². The van der Waals surface area contributed by atoms with Gasteiger partial charge in [0, 0.05) is 0 Å². The summed E-state index contributed by atoms with van der Waals surface area (Å²) in [6, 6.07) is 5.27. The van der Waals surface area contributed by atoms with Gasteiger partial charge in [0.15, 0.2) is 0 Å². The average Bonchev–Trinajstić information content (AvgIpc) is 2.74. The van der Waals surface area contributed by atoms with Crippen molar-refractivity contribution in [1.82, 2.24) is 0 Å². The van der Waals surface area contributed by atoms with E-state index >= 15 is 0 Å². The third kappa shape index (κ3) is 1.07. The molecular weight excluding hydrogens is 208 g/mol. The quantitative estimate of drug-likeness (QED) is 0.627. The van der Waals surface area contributed by atoms with Crippen LogP contribution in [0.25, 0.3) is 21.7 Å². The molecule has 0 aliphatic carbocycles. The molecule has 0 saturated heterocycles. The minimum Gasteiger partial charge on any atom is -0.495 e. The SMILES string of the molecule is COc1c2ccoc2cc2ccoc(=O)c12. The third-order valence-electron chi connectivity index (χ3n) is 2.57. The van der Waals surface area contributed by atoms with E-state index in [1.165, 1.54) is 13.4 Å². The van der Waals surface area contributed by atoms with Crippen LogP contribution in [0.5, 0.6) is 5.75 Å². The largest absolute Gasteiger partial charge is 0.495 e. The molecule has 0 aliphatic heterocycles. The zero-order valence-electron chi connectivity index (χ0n) is 8.52. The van der Waals surface area contributed by atoms with E-state index in [0.717, 1.165) is 10.8 Å². The number of methoxy groups -OCH3 is 1. The molecule has 0 atom stereocenters. The molecule has 3 rings (SSSR count). The maximum Gasteiger partial charge on any atom is 0.347 e. The molecule has 0 amide bonds. The molecule has 16 heavy (non-hydrogen) atoms. The molecule has 0 fully saturated rings. The van der Waals surface area contributed by atoms with Crippen molar-refractivity contribution in [3.63, 3.8) is 0 Å². The summed E-state index contributed by atoms with van der Waals surface area (Å²) in [5.41, 5.74) is 0.285. The summed E-state index contributed by atoms with van der Waals surface area (Å²) >= 11 is 0. The normalized spacial score (nSPS) is 11.1. The van der Waals surface area contributed by atoms with Crippen molar-refractivity contribution in [2.75, 3.05) is 7.11 Å². The van der Waals surface area contributed by atoms with Crippen LogP contribution < -0.4 is 10.4 Å². The predicted molar refractivity (Wildman–Crippen MR) is 58.8 cm³/mol. The van der Waals surface area contributed by atoms with E-state index in [-0.39, 0.29) is 0 Å². The molecule has 4 nitrogen and oxygen atoms in total. The molecule has 0 aliphatic rings. The Balaban J connectivity index is 2.66. The number of rotatable bonds is 1. The minimum absolute atomic E-state index is 0.405. The lowest BCUT2D eigenvalue weighted by molar-refractivity contribution is 0.421. The van der Waals surface area contributed by atoms with Crippen molar-refractivity contribution in [3.05, 3.63) is 41.1 Å². The van der Waals surface area contributed by atoms with Crippen molar-refractivity contribution >= 4 is 21.7 Å². The van der Waals surface area contributed by atoms with Crippen LogP contribution in [0.3, 0.4) is 0 Å². The van der Waals surface area contributed by atoms with E-state index in [2.05, 4.69) is 0 Å². The lowest BCUT2D eigenvalue weighted by Gasteiger charge is -2.04. The second-order valence-electron chi connectivity index (χ2n) is 3.41. The Hall–Kier alpha value is -2.23. The number of furan rings is 1. The summed E-state index contributed by atoms with van der Waals surface area (Å²) in [6.07, 6.45) is 2.92. The lowest BCUT2D eigenvalue weighted by atomic mass is 10.1. The van der Waals surface area contributed by atoms with Gasteiger partial charge in [0.1, 0.15) is 16.7 Å². The van der Waals surface area contributed by atoms with Gasteiger partial charge >= 0.3 is 5.63 Å². The Morgan fingerprint density at radius 1 is 1.19 bits per heavy atom. The fourth-order valence-electron chi connectivity index (χ4n) is 1.88. The Morgan fingerprint density at radius 2 is 2.00 bits per heavy atom. The maximum absolute atomic E-state index is 11.6. The fraction of sp³-hybridized carbons (Fsp3) is 0.0833. The van der Waals surface area contributed by atoms with E-state index in [1.54, 1.807) is 24.5 Å². The van der Waals surface area contributed by atoms with Crippen molar-refractivity contribution in [2.45, 2.75) is 0 Å². The van der Waals surface area contributed by atoms with Gasteiger partial charge in [0.25, 0.3) is 0 Å². The molecule has 0 spiro atoms. The predicted octanol–water partition coefficient (Wildman–Crippen LogP) is 2.55. The molecule has 0 bridgehead atoms. The van der Waals surface area contributed by atoms with Gasteiger partial charge in [-0.3, -0.25) is 0 Å². The van der Waals surface area contributed by atoms with E-state index in [0.29, 0.717) is 16.7 Å². The standard InChI is InChI=1S/C12H8O4/c1-14-11-8-3-5-15-9(8)6-7-2-4-16-12(13)10(7)11/h2-6H,1H3. The van der Waals surface area contributed by atoms with E-state index in [1.807, 2.05) is 0 Å². The summed E-state index contributed by atoms with van der Waals surface area (Å²) in [5.74, 6) is 0.496. The van der Waals surface area contributed by atoms with Crippen LogP contribution in [-0.2, 0) is 0 Å². The summed E-state index contributed by atoms with van der Waals surface area (Å²) in [5, 5.41) is 1.96. The highest BCUT2D eigenvalue weighted by Gasteiger charge is 2.13. The molecule has 0 radical (unpaired) electrons. The van der Waals surface area contributed by atoms with Crippen LogP contribution in [0.4, 0.5) is 0 Å². The van der Waals surface area contributed by atoms with Gasteiger partial charge in [0.05, 0.1) is 25.0 Å². The Bertz CT molecular complexity index is 721. The molecule has 80 valence electrons. The van der Waals surface area contributed by atoms with Crippen LogP contribution in [0.15, 0.2) is 44.4 Å². The molecule has 2 heterocycles. The summed E-state index contributed by atoms with van der Waals surface area (Å²) in [6.45, 7) is 0. The Labute approximate surface area is 90.0 Å². The lowest BCUT2D eigenvalue weighted by Crippen LogP contribution is -2.00. The van der Waals surface area contributed by atoms with E-state index < -0.39 is 5.63 Å². The van der Waals surface area contributed by atoms with Gasteiger partial charge in [0.2, 0.25) is 0 Å². The van der Waals surface area contributed by atoms with Crippen molar-refractivity contribution in [1.29, 1.82) is 0 Å². The zero-order valence-corrected chi connectivity index (χ0v) is 8.52. The van der Waals surface area contributed by atoms with Gasteiger partial charge in [-0.1, -0.05) is 0 Å². The summed E-state index contributed by atoms with van der Waals surface area (Å²) in [4.78, 5) is 11.6. The molecule has 3 aromatic rings. The topological polar surface area (TPSA) is 52.6 Å². The molecule has 0 N–H and O–H groups in total. The first kappa shape index (κ1) is 9.03. The first-order valence-electron chi connectivity index (χ1n) is 4.77. The van der Waals surface area contributed by atoms with Crippen LogP contribution in [0.1, 0.15) is 0 Å². The number of ether oxygens (including phenoxy) is 1. The van der Waals surface area contributed by atoms with Crippen LogP contribution in [0.2, 0.25) is 0 Å². The Kier molecular flexibility index (Phi) is 1.77. The highest BCUT2D eigenvalue weighted by atomic mass is 16.5. The summed E-state index contributed by atoms with van der Waals surface area (Å²) in [7, 11) is 1.52. The van der Waals surface area contributed by atoms with Crippen LogP contribution >= 0.6 is 0 Å². The smallest absolute Gasteiger partial charge is 0.347 e. The van der Waals surface area contributed by atoms with Gasteiger partial charge in [-0.2, -0.15) is 0 Å². The molecule has 2 aromatic heterocycles. The molecular formula is C12H8O4. The van der Waals surface area contributed by atoms with Gasteiger partial charge in [-0.25, -0.2) is 4.79 Å². The third-order valence-corrected chi connectivity index (χ3v) is 2.57. The first-order chi connectivity index (χ1) is 7.81. The minimum atomic E-state index is -0.405. The number of benzene rings is 1. The Morgan fingerprint density at radius 3 is 2.81 bits per heavy atom. The van der Waals surface area contributed by atoms with Crippen molar-refractivity contribution < 1.29 is 13.6 Å². The monoisotopic (exact) mass is 216 g/mol. The molecule has 0 saturated carbocycles. The number of hydrogen-bond donors (Lipinski definition) is 0. The summed E-state index contributed by atoms with van der Waals surface area (Å²) < 4.78 is 15.4. The van der Waals surface area contributed by atoms with Crippen LogP contribution in [-0.4, -0.2) is 7.11 Å². The first-order valence-corrected chi connectivity index (χ1v) is 4.77. The van der Waals surface area contributed by atoms with Gasteiger partial charge in [-0.05, 0) is 23.6 Å². The average molecular weight is 216 g/mol. The molecule has 0 unspecified atom stereocenters. The molecule has 4 heteroatoms. The fourth-order valence-corrected chi connectivity index (χ4v) is 1.88. The highest BCUT2D eigenvalue weighted by Crippen LogP contribution is 2.33. The highest BCUT2D eigenvalue weighted by molar-refractivity contribution is 6.02. The van der Waals surface area contributed by atoms with E-state index in [4.69, 9.17) is 13.6 Å². The number of hydrogen-bond acceptors (Lipinski definition) is 4. The van der Waals surface area contributed by atoms with Gasteiger partial charge < -0.3 is 13.6 Å².